The van der Waals surface area contributed by atoms with Crippen LogP contribution in [-0.4, -0.2) is 60.4 Å². The Morgan fingerprint density at radius 2 is 2.05 bits per heavy atom. The minimum atomic E-state index is -0.694. The van der Waals surface area contributed by atoms with Crippen molar-refractivity contribution < 1.29 is 14.6 Å². The molecule has 0 aromatic heterocycles. The van der Waals surface area contributed by atoms with Crippen molar-refractivity contribution in [3.8, 4) is 0 Å². The van der Waals surface area contributed by atoms with Gasteiger partial charge in [-0.15, -0.1) is 0 Å². The van der Waals surface area contributed by atoms with Crippen molar-refractivity contribution in [3.63, 3.8) is 0 Å². The third-order valence-electron chi connectivity index (χ3n) is 4.29. The van der Waals surface area contributed by atoms with Gasteiger partial charge in [0, 0.05) is 31.7 Å². The van der Waals surface area contributed by atoms with Gasteiger partial charge < -0.3 is 15.2 Å². The SMILES string of the molecule is CC(CCCC(C)C(=O)O)NCC1CN(C(C)C)CCO1. The summed E-state index contributed by atoms with van der Waals surface area (Å²) in [6, 6.07) is 0.982. The third kappa shape index (κ3) is 7.25. The van der Waals surface area contributed by atoms with Gasteiger partial charge in [-0.3, -0.25) is 9.69 Å². The normalized spacial score (nSPS) is 23.2. The largest absolute Gasteiger partial charge is 0.481 e. The maximum atomic E-state index is 10.8. The van der Waals surface area contributed by atoms with E-state index in [1.807, 2.05) is 0 Å². The van der Waals surface area contributed by atoms with E-state index in [-0.39, 0.29) is 12.0 Å². The molecule has 1 aliphatic rings. The quantitative estimate of drug-likeness (QED) is 0.681. The molecule has 0 saturated carbocycles. The van der Waals surface area contributed by atoms with Crippen molar-refractivity contribution in [3.05, 3.63) is 0 Å². The van der Waals surface area contributed by atoms with Crippen molar-refractivity contribution >= 4 is 5.97 Å². The van der Waals surface area contributed by atoms with Crippen LogP contribution in [0.3, 0.4) is 0 Å². The summed E-state index contributed by atoms with van der Waals surface area (Å²) < 4.78 is 5.80. The maximum absolute atomic E-state index is 10.8. The highest BCUT2D eigenvalue weighted by Gasteiger charge is 2.22. The Bertz CT molecular complexity index is 310. The summed E-state index contributed by atoms with van der Waals surface area (Å²) in [6.45, 7) is 12.1. The topological polar surface area (TPSA) is 61.8 Å². The fourth-order valence-corrected chi connectivity index (χ4v) is 2.62. The molecule has 124 valence electrons. The number of rotatable bonds is 9. The Hall–Kier alpha value is -0.650. The molecule has 0 bridgehead atoms. The van der Waals surface area contributed by atoms with E-state index in [1.54, 1.807) is 6.92 Å². The van der Waals surface area contributed by atoms with Crippen molar-refractivity contribution in [2.24, 2.45) is 5.92 Å². The number of nitrogens with one attached hydrogen (secondary N) is 1. The molecule has 0 amide bonds. The first-order chi connectivity index (χ1) is 9.90. The summed E-state index contributed by atoms with van der Waals surface area (Å²) in [6.07, 6.45) is 2.98. The minimum absolute atomic E-state index is 0.238. The first-order valence-electron chi connectivity index (χ1n) is 8.22. The van der Waals surface area contributed by atoms with E-state index in [0.717, 1.165) is 45.5 Å². The van der Waals surface area contributed by atoms with Crippen LogP contribution in [0.25, 0.3) is 0 Å². The number of aliphatic carboxylic acids is 1. The van der Waals surface area contributed by atoms with Gasteiger partial charge in [0.25, 0.3) is 0 Å². The molecular formula is C16H32N2O3. The molecule has 0 radical (unpaired) electrons. The predicted octanol–water partition coefficient (Wildman–Crippen LogP) is 1.96. The van der Waals surface area contributed by atoms with Crippen LogP contribution in [0.5, 0.6) is 0 Å². The molecule has 3 unspecified atom stereocenters. The first-order valence-corrected chi connectivity index (χ1v) is 8.22. The Kier molecular flexibility index (Phi) is 8.22. The standard InChI is InChI=1S/C16H32N2O3/c1-12(2)18-8-9-21-15(11-18)10-17-14(4)7-5-6-13(3)16(19)20/h12-15,17H,5-11H2,1-4H3,(H,19,20). The number of carbonyl (C=O) groups is 1. The summed E-state index contributed by atoms with van der Waals surface area (Å²) in [5.74, 6) is -0.932. The molecule has 1 saturated heterocycles. The van der Waals surface area contributed by atoms with E-state index in [9.17, 15) is 4.79 Å². The third-order valence-corrected chi connectivity index (χ3v) is 4.29. The van der Waals surface area contributed by atoms with E-state index in [0.29, 0.717) is 12.1 Å². The molecule has 1 aliphatic heterocycles. The lowest BCUT2D eigenvalue weighted by Gasteiger charge is -2.36. The van der Waals surface area contributed by atoms with E-state index >= 15 is 0 Å². The molecule has 3 atom stereocenters. The maximum Gasteiger partial charge on any atom is 0.306 e. The number of nitrogens with zero attached hydrogens (tertiary/aromatic N) is 1. The van der Waals surface area contributed by atoms with Crippen LogP contribution in [0.2, 0.25) is 0 Å². The van der Waals surface area contributed by atoms with Gasteiger partial charge in [-0.25, -0.2) is 0 Å². The van der Waals surface area contributed by atoms with E-state index in [4.69, 9.17) is 9.84 Å². The fourth-order valence-electron chi connectivity index (χ4n) is 2.62. The highest BCUT2D eigenvalue weighted by atomic mass is 16.5. The lowest BCUT2D eigenvalue weighted by molar-refractivity contribution is -0.141. The average Bonchev–Trinajstić information content (AvgIpc) is 2.45. The smallest absolute Gasteiger partial charge is 0.306 e. The summed E-state index contributed by atoms with van der Waals surface area (Å²) in [5.41, 5.74) is 0. The number of carboxylic acids is 1. The van der Waals surface area contributed by atoms with Gasteiger partial charge in [-0.2, -0.15) is 0 Å². The zero-order valence-corrected chi connectivity index (χ0v) is 14.0. The van der Waals surface area contributed by atoms with Crippen LogP contribution >= 0.6 is 0 Å². The zero-order valence-electron chi connectivity index (χ0n) is 14.0. The molecule has 0 spiro atoms. The molecule has 2 N–H and O–H groups in total. The van der Waals surface area contributed by atoms with E-state index in [2.05, 4.69) is 31.0 Å². The summed E-state index contributed by atoms with van der Waals surface area (Å²) in [4.78, 5) is 13.2. The van der Waals surface area contributed by atoms with Crippen LogP contribution in [0.4, 0.5) is 0 Å². The predicted molar refractivity (Wildman–Crippen MR) is 84.6 cm³/mol. The molecule has 0 aliphatic carbocycles. The van der Waals surface area contributed by atoms with E-state index in [1.165, 1.54) is 0 Å². The average molecular weight is 300 g/mol. The van der Waals surface area contributed by atoms with Crippen molar-refractivity contribution in [1.29, 1.82) is 0 Å². The van der Waals surface area contributed by atoms with Crippen molar-refractivity contribution in [2.75, 3.05) is 26.2 Å². The van der Waals surface area contributed by atoms with Gasteiger partial charge in [0.05, 0.1) is 18.6 Å². The number of carboxylic acid groups (broad SMARTS) is 1. The Labute approximate surface area is 129 Å². The lowest BCUT2D eigenvalue weighted by atomic mass is 10.0. The monoisotopic (exact) mass is 300 g/mol. The number of ether oxygens (including phenoxy) is 1. The van der Waals surface area contributed by atoms with Crippen molar-refractivity contribution in [2.45, 2.75) is 65.1 Å². The second-order valence-corrected chi connectivity index (χ2v) is 6.56. The van der Waals surface area contributed by atoms with E-state index < -0.39 is 5.97 Å². The van der Waals surface area contributed by atoms with Crippen LogP contribution in [0.1, 0.15) is 47.0 Å². The Balaban J connectivity index is 2.15. The molecular weight excluding hydrogens is 268 g/mol. The van der Waals surface area contributed by atoms with Crippen LogP contribution in [-0.2, 0) is 9.53 Å². The minimum Gasteiger partial charge on any atom is -0.481 e. The Morgan fingerprint density at radius 3 is 2.67 bits per heavy atom. The second-order valence-electron chi connectivity index (χ2n) is 6.56. The highest BCUT2D eigenvalue weighted by Crippen LogP contribution is 2.11. The molecule has 5 heteroatoms. The van der Waals surface area contributed by atoms with Crippen LogP contribution in [0.15, 0.2) is 0 Å². The molecule has 5 nitrogen and oxygen atoms in total. The summed E-state index contributed by atoms with van der Waals surface area (Å²) in [5, 5.41) is 12.4. The fraction of sp³-hybridized carbons (Fsp3) is 0.938. The van der Waals surface area contributed by atoms with Gasteiger partial charge in [0.15, 0.2) is 0 Å². The molecule has 1 heterocycles. The second kappa shape index (κ2) is 9.38. The Morgan fingerprint density at radius 1 is 1.33 bits per heavy atom. The van der Waals surface area contributed by atoms with Gasteiger partial charge in [-0.05, 0) is 33.6 Å². The number of morpholine rings is 1. The number of hydrogen-bond donors (Lipinski definition) is 2. The molecule has 0 aromatic carbocycles. The molecule has 1 rings (SSSR count). The van der Waals surface area contributed by atoms with Crippen LogP contribution < -0.4 is 5.32 Å². The van der Waals surface area contributed by atoms with Crippen molar-refractivity contribution in [1.82, 2.24) is 10.2 Å². The van der Waals surface area contributed by atoms with Gasteiger partial charge in [0.2, 0.25) is 0 Å². The zero-order chi connectivity index (χ0) is 15.8. The van der Waals surface area contributed by atoms with Gasteiger partial charge >= 0.3 is 5.97 Å². The highest BCUT2D eigenvalue weighted by molar-refractivity contribution is 5.69. The summed E-state index contributed by atoms with van der Waals surface area (Å²) in [7, 11) is 0. The number of hydrogen-bond acceptors (Lipinski definition) is 4. The van der Waals surface area contributed by atoms with Gasteiger partial charge in [0.1, 0.15) is 0 Å². The first kappa shape index (κ1) is 18.4. The van der Waals surface area contributed by atoms with Gasteiger partial charge in [-0.1, -0.05) is 13.3 Å². The van der Waals surface area contributed by atoms with Crippen LogP contribution in [0, 0.1) is 5.92 Å². The molecule has 1 fully saturated rings. The lowest BCUT2D eigenvalue weighted by Crippen LogP contribution is -2.50. The summed E-state index contributed by atoms with van der Waals surface area (Å²) >= 11 is 0. The molecule has 0 aromatic rings. The molecule has 21 heavy (non-hydrogen) atoms.